The number of nitrogens with zero attached hydrogens (tertiary/aromatic N) is 3. The Morgan fingerprint density at radius 1 is 1.10 bits per heavy atom. The molecule has 8 nitrogen and oxygen atoms in total. The van der Waals surface area contributed by atoms with Crippen molar-refractivity contribution in [1.82, 2.24) is 4.98 Å². The Labute approximate surface area is 116 Å². The van der Waals surface area contributed by atoms with E-state index in [-0.39, 0.29) is 16.8 Å². The fourth-order valence-corrected chi connectivity index (χ4v) is 1.85. The van der Waals surface area contributed by atoms with E-state index in [9.17, 15) is 9.59 Å². The average Bonchev–Trinajstić information content (AvgIpc) is 2.81. The van der Waals surface area contributed by atoms with Gasteiger partial charge >= 0.3 is 11.9 Å². The van der Waals surface area contributed by atoms with E-state index >= 15 is 0 Å². The third-order valence-corrected chi connectivity index (χ3v) is 2.90. The van der Waals surface area contributed by atoms with Crippen LogP contribution in [-0.2, 0) is 0 Å². The third-order valence-electron chi connectivity index (χ3n) is 2.19. The first-order valence-corrected chi connectivity index (χ1v) is 6.02. The summed E-state index contributed by atoms with van der Waals surface area (Å²) in [6.45, 7) is 0. The van der Waals surface area contributed by atoms with E-state index in [1.807, 2.05) is 0 Å². The van der Waals surface area contributed by atoms with Gasteiger partial charge in [0.1, 0.15) is 0 Å². The summed E-state index contributed by atoms with van der Waals surface area (Å²) in [6, 6.07) is 3.50. The minimum absolute atomic E-state index is 0.120. The quantitative estimate of drug-likeness (QED) is 0.740. The number of hydrogen-bond acceptors (Lipinski definition) is 7. The maximum atomic E-state index is 10.9. The van der Waals surface area contributed by atoms with Gasteiger partial charge in [-0.3, -0.25) is 0 Å². The van der Waals surface area contributed by atoms with Crippen molar-refractivity contribution in [2.75, 3.05) is 5.73 Å². The van der Waals surface area contributed by atoms with E-state index in [2.05, 4.69) is 15.2 Å². The molecular weight excluding hydrogens is 284 g/mol. The van der Waals surface area contributed by atoms with Gasteiger partial charge in [-0.25, -0.2) is 14.6 Å². The molecule has 1 aromatic heterocycles. The van der Waals surface area contributed by atoms with E-state index < -0.39 is 11.9 Å². The normalized spacial score (nSPS) is 10.8. The van der Waals surface area contributed by atoms with Crippen LogP contribution in [0, 0.1) is 0 Å². The summed E-state index contributed by atoms with van der Waals surface area (Å²) >= 11 is 1.10. The van der Waals surface area contributed by atoms with E-state index in [0.717, 1.165) is 17.4 Å². The Morgan fingerprint density at radius 3 is 2.15 bits per heavy atom. The number of nitrogen functional groups attached to an aromatic ring is 1. The maximum Gasteiger partial charge on any atom is 0.335 e. The molecule has 1 heterocycles. The number of carboxylic acids is 2. The molecule has 4 N–H and O–H groups in total. The first-order valence-electron chi connectivity index (χ1n) is 5.20. The van der Waals surface area contributed by atoms with Gasteiger partial charge in [0.2, 0.25) is 0 Å². The van der Waals surface area contributed by atoms with E-state index in [1.54, 1.807) is 0 Å². The van der Waals surface area contributed by atoms with Crippen molar-refractivity contribution < 1.29 is 19.8 Å². The van der Waals surface area contributed by atoms with Gasteiger partial charge in [-0.05, 0) is 18.2 Å². The Kier molecular flexibility index (Phi) is 3.71. The second-order valence-corrected chi connectivity index (χ2v) is 4.66. The monoisotopic (exact) mass is 292 g/mol. The number of benzene rings is 1. The van der Waals surface area contributed by atoms with Gasteiger partial charge in [0.05, 0.1) is 23.0 Å². The summed E-state index contributed by atoms with van der Waals surface area (Å²) in [6.07, 6.45) is 1.41. The standard InChI is InChI=1S/C11H8N4O4S/c12-11-13-4-8(20-11)15-14-7-2-5(9(16)17)1-6(3-7)10(18)19/h1-4H,(H2,12,13)(H,16,17)(H,18,19). The molecule has 0 saturated carbocycles. The van der Waals surface area contributed by atoms with Crippen LogP contribution in [0.25, 0.3) is 0 Å². The van der Waals surface area contributed by atoms with Crippen molar-refractivity contribution in [3.63, 3.8) is 0 Å². The van der Waals surface area contributed by atoms with Crippen LogP contribution in [0.2, 0.25) is 0 Å². The highest BCUT2D eigenvalue weighted by atomic mass is 32.1. The number of anilines is 1. The average molecular weight is 292 g/mol. The fourth-order valence-electron chi connectivity index (χ4n) is 1.35. The molecule has 0 aliphatic heterocycles. The molecule has 20 heavy (non-hydrogen) atoms. The number of rotatable bonds is 4. The lowest BCUT2D eigenvalue weighted by atomic mass is 10.1. The zero-order valence-corrected chi connectivity index (χ0v) is 10.7. The van der Waals surface area contributed by atoms with Crippen LogP contribution in [0.5, 0.6) is 0 Å². The molecular formula is C11H8N4O4S. The Balaban J connectivity index is 2.37. The molecule has 0 amide bonds. The number of aromatic nitrogens is 1. The molecule has 1 aromatic carbocycles. The van der Waals surface area contributed by atoms with Gasteiger partial charge in [-0.2, -0.15) is 0 Å². The smallest absolute Gasteiger partial charge is 0.335 e. The molecule has 0 unspecified atom stereocenters. The van der Waals surface area contributed by atoms with Gasteiger partial charge < -0.3 is 15.9 Å². The molecule has 2 aromatic rings. The van der Waals surface area contributed by atoms with Crippen molar-refractivity contribution in [1.29, 1.82) is 0 Å². The minimum Gasteiger partial charge on any atom is -0.478 e. The molecule has 0 aliphatic carbocycles. The topological polar surface area (TPSA) is 138 Å². The molecule has 0 spiro atoms. The van der Waals surface area contributed by atoms with Crippen molar-refractivity contribution in [3.05, 3.63) is 35.5 Å². The maximum absolute atomic E-state index is 10.9. The van der Waals surface area contributed by atoms with Gasteiger partial charge in [0, 0.05) is 0 Å². The third kappa shape index (κ3) is 3.14. The van der Waals surface area contributed by atoms with Crippen molar-refractivity contribution in [2.24, 2.45) is 10.2 Å². The SMILES string of the molecule is Nc1ncc(N=Nc2cc(C(=O)O)cc(C(=O)O)c2)s1. The van der Waals surface area contributed by atoms with Crippen LogP contribution in [0.4, 0.5) is 15.8 Å². The number of thiazole rings is 1. The van der Waals surface area contributed by atoms with Crippen LogP contribution >= 0.6 is 11.3 Å². The summed E-state index contributed by atoms with van der Waals surface area (Å²) in [4.78, 5) is 25.6. The lowest BCUT2D eigenvalue weighted by Crippen LogP contribution is -2.01. The van der Waals surface area contributed by atoms with E-state index in [4.69, 9.17) is 15.9 Å². The van der Waals surface area contributed by atoms with Crippen LogP contribution in [0.1, 0.15) is 20.7 Å². The van der Waals surface area contributed by atoms with Crippen molar-refractivity contribution in [3.8, 4) is 0 Å². The number of azo groups is 1. The molecule has 0 bridgehead atoms. The highest BCUT2D eigenvalue weighted by molar-refractivity contribution is 7.18. The van der Waals surface area contributed by atoms with Gasteiger partial charge in [-0.15, -0.1) is 10.2 Å². The summed E-state index contributed by atoms with van der Waals surface area (Å²) < 4.78 is 0. The highest BCUT2D eigenvalue weighted by Crippen LogP contribution is 2.26. The number of hydrogen-bond donors (Lipinski definition) is 3. The van der Waals surface area contributed by atoms with Crippen LogP contribution in [0.15, 0.2) is 34.6 Å². The molecule has 0 fully saturated rings. The molecule has 0 atom stereocenters. The van der Waals surface area contributed by atoms with Crippen LogP contribution in [0.3, 0.4) is 0 Å². The number of carboxylic acid groups (broad SMARTS) is 2. The second-order valence-electron chi connectivity index (χ2n) is 3.62. The lowest BCUT2D eigenvalue weighted by molar-refractivity contribution is 0.0696. The molecule has 2 rings (SSSR count). The van der Waals surface area contributed by atoms with Crippen LogP contribution in [-0.4, -0.2) is 27.1 Å². The molecule has 0 aliphatic rings. The van der Waals surface area contributed by atoms with Gasteiger partial charge in [-0.1, -0.05) is 11.3 Å². The first kappa shape index (κ1) is 13.6. The molecule has 0 saturated heterocycles. The Hall–Kier alpha value is -2.81. The van der Waals surface area contributed by atoms with E-state index in [0.29, 0.717) is 10.1 Å². The minimum atomic E-state index is -1.24. The number of carbonyl (C=O) groups is 2. The molecule has 0 radical (unpaired) electrons. The predicted octanol–water partition coefficient (Wildman–Crippen LogP) is 2.54. The molecule has 102 valence electrons. The zero-order valence-electron chi connectivity index (χ0n) is 9.85. The summed E-state index contributed by atoms with van der Waals surface area (Å²) in [5.74, 6) is -2.49. The summed E-state index contributed by atoms with van der Waals surface area (Å²) in [7, 11) is 0. The van der Waals surface area contributed by atoms with Crippen molar-refractivity contribution in [2.45, 2.75) is 0 Å². The zero-order chi connectivity index (χ0) is 14.7. The summed E-state index contributed by atoms with van der Waals surface area (Å²) in [5, 5.41) is 26.2. The van der Waals surface area contributed by atoms with Gasteiger partial charge in [0.15, 0.2) is 10.1 Å². The summed E-state index contributed by atoms with van der Waals surface area (Å²) in [5.41, 5.74) is 5.19. The predicted molar refractivity (Wildman–Crippen MR) is 71.1 cm³/mol. The Morgan fingerprint density at radius 2 is 1.70 bits per heavy atom. The number of nitrogens with two attached hydrogens (primary N) is 1. The van der Waals surface area contributed by atoms with Crippen molar-refractivity contribution >= 4 is 39.1 Å². The Bertz CT molecular complexity index is 678. The first-order chi connectivity index (χ1) is 9.45. The molecule has 9 heteroatoms. The van der Waals surface area contributed by atoms with Crippen LogP contribution < -0.4 is 5.73 Å². The van der Waals surface area contributed by atoms with Gasteiger partial charge in [0.25, 0.3) is 0 Å². The largest absolute Gasteiger partial charge is 0.478 e. The second kappa shape index (κ2) is 5.45. The lowest BCUT2D eigenvalue weighted by Gasteiger charge is -2.00. The highest BCUT2D eigenvalue weighted by Gasteiger charge is 2.11. The fraction of sp³-hybridized carbons (Fsp3) is 0. The van der Waals surface area contributed by atoms with E-state index in [1.165, 1.54) is 18.3 Å². The number of aromatic carboxylic acids is 2.